The molecule has 10 nitrogen and oxygen atoms in total. The van der Waals surface area contributed by atoms with Crippen LogP contribution in [0.2, 0.25) is 0 Å². The molecule has 58 heavy (non-hydrogen) atoms. The third-order valence-corrected chi connectivity index (χ3v) is 15.8. The van der Waals surface area contributed by atoms with Crippen LogP contribution in [0.15, 0.2) is 12.7 Å². The van der Waals surface area contributed by atoms with Gasteiger partial charge in [-0.3, -0.25) is 9.59 Å². The van der Waals surface area contributed by atoms with Crippen molar-refractivity contribution in [1.29, 1.82) is 0 Å². The molecular formula is C48H89N5O5. The molecule has 0 aromatic heterocycles. The third kappa shape index (κ3) is 12.5. The van der Waals surface area contributed by atoms with E-state index in [0.717, 1.165) is 96.9 Å². The maximum atomic E-state index is 13.7. The van der Waals surface area contributed by atoms with Crippen LogP contribution in [0.5, 0.6) is 0 Å². The summed E-state index contributed by atoms with van der Waals surface area (Å²) in [6.07, 6.45) is 22.3. The topological polar surface area (TPSA) is 146 Å². The van der Waals surface area contributed by atoms with E-state index < -0.39 is 0 Å². The van der Waals surface area contributed by atoms with E-state index in [1.165, 1.54) is 44.9 Å². The monoisotopic (exact) mass is 816 g/mol. The highest BCUT2D eigenvalue weighted by Gasteiger charge is 2.66. The van der Waals surface area contributed by atoms with Gasteiger partial charge < -0.3 is 41.2 Å². The van der Waals surface area contributed by atoms with Gasteiger partial charge in [0.2, 0.25) is 11.8 Å². The molecule has 3 unspecified atom stereocenters. The molecule has 0 aliphatic heterocycles. The SMILES string of the molecule is C=CCN(CC(=O)N(CCCCCCCC)CCC[C@@H](C)[C@H]1CC[C@H]2C3[C@H](OCCCN)CC4C[C@H](OCCCN)CCC4(C)[C@H]3C[C@H](OCCCN)[C@]12C)C(C)=O. The van der Waals surface area contributed by atoms with Gasteiger partial charge in [0.1, 0.15) is 6.54 Å². The van der Waals surface area contributed by atoms with Gasteiger partial charge in [-0.2, -0.15) is 0 Å². The number of carbonyl (C=O) groups excluding carboxylic acids is 2. The zero-order valence-electron chi connectivity index (χ0n) is 37.9. The lowest BCUT2D eigenvalue weighted by atomic mass is 9.43. The molecule has 0 spiro atoms. The minimum atomic E-state index is -0.0853. The minimum Gasteiger partial charge on any atom is -0.378 e. The van der Waals surface area contributed by atoms with Crippen LogP contribution in [0.1, 0.15) is 150 Å². The number of fused-ring (bicyclic) bond motifs is 5. The van der Waals surface area contributed by atoms with Gasteiger partial charge >= 0.3 is 0 Å². The van der Waals surface area contributed by atoms with E-state index in [0.29, 0.717) is 74.4 Å². The molecule has 0 radical (unpaired) electrons. The van der Waals surface area contributed by atoms with Crippen LogP contribution in [0.4, 0.5) is 0 Å². The fourth-order valence-electron chi connectivity index (χ4n) is 12.6. The van der Waals surface area contributed by atoms with Crippen LogP contribution in [0.3, 0.4) is 0 Å². The summed E-state index contributed by atoms with van der Waals surface area (Å²) in [5.74, 6) is 3.16. The summed E-state index contributed by atoms with van der Waals surface area (Å²) in [5, 5.41) is 0. The fourth-order valence-corrected chi connectivity index (χ4v) is 12.6. The summed E-state index contributed by atoms with van der Waals surface area (Å²) < 4.78 is 20.5. The predicted molar refractivity (Wildman–Crippen MR) is 237 cm³/mol. The molecule has 4 fully saturated rings. The number of carbonyl (C=O) groups is 2. The highest BCUT2D eigenvalue weighted by Crippen LogP contribution is 2.69. The highest BCUT2D eigenvalue weighted by atomic mass is 16.5. The van der Waals surface area contributed by atoms with E-state index >= 15 is 0 Å². The Morgan fingerprint density at radius 2 is 1.45 bits per heavy atom. The Morgan fingerprint density at radius 3 is 2.12 bits per heavy atom. The number of hydrogen-bond acceptors (Lipinski definition) is 8. The molecule has 4 aliphatic carbocycles. The Morgan fingerprint density at radius 1 is 0.793 bits per heavy atom. The van der Waals surface area contributed by atoms with Gasteiger partial charge in [-0.15, -0.1) is 6.58 Å². The molecule has 6 N–H and O–H groups in total. The number of nitrogens with two attached hydrogens (primary N) is 3. The molecular weight excluding hydrogens is 727 g/mol. The van der Waals surface area contributed by atoms with Gasteiger partial charge in [-0.25, -0.2) is 0 Å². The highest BCUT2D eigenvalue weighted by molar-refractivity contribution is 5.84. The second kappa shape index (κ2) is 24.8. The van der Waals surface area contributed by atoms with Crippen LogP contribution in [0.25, 0.3) is 0 Å². The summed E-state index contributed by atoms with van der Waals surface area (Å²) in [6, 6.07) is 0. The van der Waals surface area contributed by atoms with E-state index in [2.05, 4.69) is 39.2 Å². The van der Waals surface area contributed by atoms with E-state index in [1.54, 1.807) is 17.9 Å². The first-order valence-electron chi connectivity index (χ1n) is 24.1. The van der Waals surface area contributed by atoms with Gasteiger partial charge in [0.25, 0.3) is 0 Å². The molecule has 10 heteroatoms. The largest absolute Gasteiger partial charge is 0.378 e. The molecule has 2 amide bonds. The molecule has 336 valence electrons. The maximum Gasteiger partial charge on any atom is 0.242 e. The summed E-state index contributed by atoms with van der Waals surface area (Å²) >= 11 is 0. The molecule has 11 atom stereocenters. The number of hydrogen-bond donors (Lipinski definition) is 3. The van der Waals surface area contributed by atoms with Crippen molar-refractivity contribution in [2.75, 3.05) is 65.6 Å². The van der Waals surface area contributed by atoms with Crippen LogP contribution >= 0.6 is 0 Å². The van der Waals surface area contributed by atoms with E-state index in [4.69, 9.17) is 31.4 Å². The van der Waals surface area contributed by atoms with Crippen molar-refractivity contribution in [3.05, 3.63) is 12.7 Å². The van der Waals surface area contributed by atoms with Crippen molar-refractivity contribution < 1.29 is 23.8 Å². The summed E-state index contributed by atoms with van der Waals surface area (Å²) in [7, 11) is 0. The first-order valence-corrected chi connectivity index (χ1v) is 24.1. The first-order chi connectivity index (χ1) is 28.0. The summed E-state index contributed by atoms with van der Waals surface area (Å²) in [4.78, 5) is 29.7. The van der Waals surface area contributed by atoms with Gasteiger partial charge in [-0.1, -0.05) is 65.9 Å². The Hall–Kier alpha value is -1.56. The standard InChI is InChI=1S/C48H89N5O5/c1-7-9-10-11-12-13-27-52(45(55)35-53(26-8-2)37(4)54)28-14-18-36(3)40-19-20-41-46-42(34-44(48(40,41)6)58-31-17-25-51)47(5)22-21-39(56-29-15-23-49)32-38(47)33-43(46)57-30-16-24-50/h8,36,38-44,46H,2,7,9-35,49-51H2,1,3-6H3/t36-,38?,39-,40-,41+,42+,43-,44+,46?,47?,48-/m1/s1. The van der Waals surface area contributed by atoms with Gasteiger partial charge in [-0.05, 0) is 144 Å². The molecule has 0 bridgehead atoms. The van der Waals surface area contributed by atoms with Crippen molar-refractivity contribution in [1.82, 2.24) is 9.80 Å². The smallest absolute Gasteiger partial charge is 0.242 e. The van der Waals surface area contributed by atoms with E-state index in [1.807, 2.05) is 0 Å². The van der Waals surface area contributed by atoms with Crippen molar-refractivity contribution in [2.24, 2.45) is 63.5 Å². The lowest BCUT2D eigenvalue weighted by Crippen LogP contribution is -2.63. The normalized spacial score (nSPS) is 32.2. The predicted octanol–water partition coefficient (Wildman–Crippen LogP) is 7.71. The number of nitrogens with zero attached hydrogens (tertiary/aromatic N) is 2. The third-order valence-electron chi connectivity index (χ3n) is 15.8. The van der Waals surface area contributed by atoms with Crippen molar-refractivity contribution in [2.45, 2.75) is 169 Å². The number of amides is 2. The molecule has 0 aromatic rings. The van der Waals surface area contributed by atoms with Crippen LogP contribution < -0.4 is 17.2 Å². The van der Waals surface area contributed by atoms with Crippen molar-refractivity contribution in [3.8, 4) is 0 Å². The Kier molecular flexibility index (Phi) is 21.0. The first kappa shape index (κ1) is 49.1. The van der Waals surface area contributed by atoms with Gasteiger partial charge in [0.15, 0.2) is 0 Å². The van der Waals surface area contributed by atoms with E-state index in [-0.39, 0.29) is 41.4 Å². The zero-order chi connectivity index (χ0) is 42.1. The number of ether oxygens (including phenoxy) is 3. The van der Waals surface area contributed by atoms with E-state index in [9.17, 15) is 9.59 Å². The average Bonchev–Trinajstić information content (AvgIpc) is 3.56. The average molecular weight is 816 g/mol. The number of rotatable bonds is 28. The minimum absolute atomic E-state index is 0.0388. The molecule has 0 aromatic carbocycles. The Bertz CT molecular complexity index is 1220. The zero-order valence-corrected chi connectivity index (χ0v) is 37.9. The van der Waals surface area contributed by atoms with Crippen molar-refractivity contribution in [3.63, 3.8) is 0 Å². The Balaban J connectivity index is 1.52. The fraction of sp³-hybridized carbons (Fsp3) is 0.917. The maximum absolute atomic E-state index is 13.7. The van der Waals surface area contributed by atoms with Gasteiger partial charge in [0.05, 0.1) is 18.3 Å². The van der Waals surface area contributed by atoms with Gasteiger partial charge in [0, 0.05) is 51.8 Å². The summed E-state index contributed by atoms with van der Waals surface area (Å²) in [5.41, 5.74) is 18.1. The number of unbranched alkanes of at least 4 members (excludes halogenated alkanes) is 5. The molecule has 0 saturated heterocycles. The van der Waals surface area contributed by atoms with Crippen LogP contribution in [0, 0.1) is 46.3 Å². The van der Waals surface area contributed by atoms with Crippen LogP contribution in [-0.2, 0) is 23.8 Å². The van der Waals surface area contributed by atoms with Crippen molar-refractivity contribution >= 4 is 11.8 Å². The molecule has 0 heterocycles. The quantitative estimate of drug-likeness (QED) is 0.0538. The molecule has 4 rings (SSSR count). The summed E-state index contributed by atoms with van der Waals surface area (Å²) in [6.45, 7) is 21.5. The second-order valence-electron chi connectivity index (χ2n) is 19.4. The second-order valence-corrected chi connectivity index (χ2v) is 19.4. The van der Waals surface area contributed by atoms with Crippen LogP contribution in [-0.4, -0.2) is 106 Å². The Labute approximate surface area is 354 Å². The lowest BCUT2D eigenvalue weighted by Gasteiger charge is -2.65. The lowest BCUT2D eigenvalue weighted by molar-refractivity contribution is -0.227. The molecule has 4 saturated carbocycles. The molecule has 4 aliphatic rings.